The molecule has 28 heteroatoms. The Morgan fingerprint density at radius 3 is 1.85 bits per heavy atom. The van der Waals surface area contributed by atoms with Crippen LogP contribution < -0.4 is 77.4 Å². The van der Waals surface area contributed by atoms with Crippen molar-refractivity contribution in [1.82, 2.24) is 47.0 Å². The third kappa shape index (κ3) is 24.3. The molecule has 1 saturated heterocycles. The van der Waals surface area contributed by atoms with Gasteiger partial charge in [0.2, 0.25) is 47.3 Å². The summed E-state index contributed by atoms with van der Waals surface area (Å²) in [5.41, 5.74) is 40.2. The van der Waals surface area contributed by atoms with E-state index >= 15 is 0 Å². The molecule has 414 valence electrons. The van der Waals surface area contributed by atoms with Crippen LogP contribution in [0.15, 0.2) is 34.3 Å². The van der Waals surface area contributed by atoms with E-state index in [2.05, 4.69) is 47.2 Å². The first-order valence-electron chi connectivity index (χ1n) is 24.8. The minimum Gasteiger partial charge on any atom is -0.508 e. The van der Waals surface area contributed by atoms with Crippen molar-refractivity contribution in [3.05, 3.63) is 29.8 Å². The number of carbonyl (C=O) groups excluding carboxylic acids is 9. The predicted molar refractivity (Wildman–Crippen MR) is 276 cm³/mol. The quantitative estimate of drug-likeness (QED) is 0.0350. The number of aliphatic imine (C=N–C) groups is 2. The number of hydrogen-bond donors (Lipinski definition) is 15. The van der Waals surface area contributed by atoms with Crippen molar-refractivity contribution in [2.45, 2.75) is 121 Å². The molecule has 0 spiro atoms. The lowest BCUT2D eigenvalue weighted by molar-refractivity contribution is -0.140. The highest BCUT2D eigenvalue weighted by Gasteiger charge is 2.34. The van der Waals surface area contributed by atoms with Crippen molar-refractivity contribution in [3.63, 3.8) is 0 Å². The second-order valence-corrected chi connectivity index (χ2v) is 18.3. The topological polar surface area (TPSA) is 471 Å². The van der Waals surface area contributed by atoms with Gasteiger partial charge in [-0.1, -0.05) is 39.3 Å². The molecule has 22 N–H and O–H groups in total. The number of primary amides is 1. The highest BCUT2D eigenvalue weighted by Crippen LogP contribution is 2.14. The Kier molecular flexibility index (Phi) is 28.2. The van der Waals surface area contributed by atoms with Gasteiger partial charge in [0.1, 0.15) is 36.0 Å². The summed E-state index contributed by atoms with van der Waals surface area (Å²) in [5.74, 6) is -6.68. The van der Waals surface area contributed by atoms with E-state index in [1.807, 2.05) is 13.8 Å². The molecule has 1 heterocycles. The largest absolute Gasteiger partial charge is 0.508 e. The van der Waals surface area contributed by atoms with Crippen molar-refractivity contribution in [2.24, 2.45) is 56.0 Å². The fraction of sp³-hybridized carbons (Fsp3) is 0.630. The molecule has 0 bridgehead atoms. The lowest BCUT2D eigenvalue weighted by atomic mass is 10.0. The molecule has 0 radical (unpaired) electrons. The summed E-state index contributed by atoms with van der Waals surface area (Å²) < 4.78 is 0. The van der Waals surface area contributed by atoms with Gasteiger partial charge in [-0.3, -0.25) is 48.3 Å². The van der Waals surface area contributed by atoms with Crippen LogP contribution in [0.25, 0.3) is 0 Å². The van der Waals surface area contributed by atoms with Gasteiger partial charge < -0.3 is 92.3 Å². The predicted octanol–water partition coefficient (Wildman–Crippen LogP) is -5.17. The molecule has 1 fully saturated rings. The Balaban J connectivity index is 2.68. The number of aromatic hydroxyl groups is 1. The van der Waals surface area contributed by atoms with E-state index in [9.17, 15) is 48.3 Å². The second kappa shape index (κ2) is 33.3. The van der Waals surface area contributed by atoms with E-state index in [0.29, 0.717) is 24.8 Å². The third-order valence-electron chi connectivity index (χ3n) is 11.5. The normalized spacial score (nSPS) is 21.1. The van der Waals surface area contributed by atoms with Gasteiger partial charge in [0.25, 0.3) is 0 Å². The van der Waals surface area contributed by atoms with E-state index in [1.165, 1.54) is 24.3 Å². The van der Waals surface area contributed by atoms with Crippen molar-refractivity contribution in [2.75, 3.05) is 58.9 Å². The number of phenols is 1. The molecule has 1 aliphatic heterocycles. The summed E-state index contributed by atoms with van der Waals surface area (Å²) in [6.07, 6.45) is 1.47. The Hall–Kier alpha value is -7.49. The maximum absolute atomic E-state index is 14.2. The Labute approximate surface area is 431 Å². The number of benzene rings is 1. The molecule has 74 heavy (non-hydrogen) atoms. The smallest absolute Gasteiger partial charge is 0.314 e. The SMILES string of the molecule is CCC[C@@H]1NC(=O)[C@H](CCCN=C(N)N)NC(=O)CN(C(=O)[C@@H](N)CCCN=C(N)N)CCNC(=O)NCCCN(CC(N)=O)C(=O)[C@H](CCC(C)C)NC(=O)[C@H](CN)NC(=O)[C@H](Cc2ccc(O)cc2)NC1=O. The van der Waals surface area contributed by atoms with Crippen molar-refractivity contribution in [3.8, 4) is 5.75 Å². The summed E-state index contributed by atoms with van der Waals surface area (Å²) in [5, 5.41) is 28.4. The molecular formula is C46H80N18O10. The Bertz CT molecular complexity index is 2080. The van der Waals surface area contributed by atoms with Crippen molar-refractivity contribution < 1.29 is 48.3 Å². The molecule has 6 atom stereocenters. The summed E-state index contributed by atoms with van der Waals surface area (Å²) in [6.45, 7) is 3.68. The molecule has 1 aromatic carbocycles. The van der Waals surface area contributed by atoms with Crippen LogP contribution in [0.4, 0.5) is 4.79 Å². The first-order chi connectivity index (χ1) is 35.0. The van der Waals surface area contributed by atoms with Crippen molar-refractivity contribution in [1.29, 1.82) is 0 Å². The van der Waals surface area contributed by atoms with Crippen LogP contribution >= 0.6 is 0 Å². The number of guanidine groups is 2. The minimum absolute atomic E-state index is 0.0159. The van der Waals surface area contributed by atoms with Crippen LogP contribution in [0.2, 0.25) is 0 Å². The maximum Gasteiger partial charge on any atom is 0.314 e. The number of urea groups is 1. The van der Waals surface area contributed by atoms with Gasteiger partial charge in [-0.05, 0) is 75.0 Å². The zero-order valence-electron chi connectivity index (χ0n) is 42.7. The first-order valence-corrected chi connectivity index (χ1v) is 24.8. The average Bonchev–Trinajstić information content (AvgIpc) is 3.33. The van der Waals surface area contributed by atoms with Crippen LogP contribution in [-0.2, 0) is 44.8 Å². The first kappa shape index (κ1) is 62.6. The van der Waals surface area contributed by atoms with E-state index < -0.39 is 109 Å². The fourth-order valence-electron chi connectivity index (χ4n) is 7.56. The molecule has 10 amide bonds. The van der Waals surface area contributed by atoms with Gasteiger partial charge in [0.05, 0.1) is 19.1 Å². The molecule has 0 saturated carbocycles. The number of hydrogen-bond acceptors (Lipinski definition) is 14. The van der Waals surface area contributed by atoms with Gasteiger partial charge >= 0.3 is 6.03 Å². The number of nitrogens with two attached hydrogens (primary N) is 7. The second-order valence-electron chi connectivity index (χ2n) is 18.3. The number of nitrogens with one attached hydrogen (secondary N) is 7. The zero-order valence-corrected chi connectivity index (χ0v) is 42.7. The molecule has 0 aliphatic carbocycles. The maximum atomic E-state index is 14.2. The summed E-state index contributed by atoms with van der Waals surface area (Å²) in [6, 6.07) is -2.71. The van der Waals surface area contributed by atoms with Crippen LogP contribution in [0.1, 0.15) is 84.1 Å². The van der Waals surface area contributed by atoms with Crippen LogP contribution in [-0.4, -0.2) is 175 Å². The Morgan fingerprint density at radius 2 is 1.26 bits per heavy atom. The molecule has 28 nitrogen and oxygen atoms in total. The van der Waals surface area contributed by atoms with Gasteiger partial charge in [0, 0.05) is 52.2 Å². The summed E-state index contributed by atoms with van der Waals surface area (Å²) in [7, 11) is 0. The standard InChI is InChI=1S/C46H80N18O10/c1-4-8-31-38(68)61-34(23-28-12-14-29(65)15-13-28)40(70)62-35(24-47)41(71)60-33(16-11-27(2)3)43(73)63(25-36(49)66)21-7-19-56-46(74)57-20-22-64(42(72)30(48)9-5-17-54-44(50)51)26-37(67)58-32(39(69)59-31)10-6-18-55-45(52)53/h12-15,27,30-35,65H,4-11,16-26,47-48H2,1-3H3,(H2,49,66)(H,58,67)(H,59,69)(H,60,71)(H,61,68)(H,62,70)(H4,50,51,54)(H4,52,53,55)(H2,56,57,74)/t30-,31-,32-,33-,34-,35-/m0/s1. The minimum atomic E-state index is -1.45. The third-order valence-corrected chi connectivity index (χ3v) is 11.5. The lowest BCUT2D eigenvalue weighted by Crippen LogP contribution is -2.61. The van der Waals surface area contributed by atoms with E-state index in [0.717, 1.165) is 9.80 Å². The van der Waals surface area contributed by atoms with Gasteiger partial charge in [-0.2, -0.15) is 0 Å². The summed E-state index contributed by atoms with van der Waals surface area (Å²) >= 11 is 0. The van der Waals surface area contributed by atoms with Crippen molar-refractivity contribution >= 4 is 65.2 Å². The number of carbonyl (C=O) groups is 9. The van der Waals surface area contributed by atoms with Crippen LogP contribution in [0.5, 0.6) is 5.75 Å². The number of rotatable bonds is 19. The number of amides is 10. The Morgan fingerprint density at radius 1 is 0.703 bits per heavy atom. The highest BCUT2D eigenvalue weighted by atomic mass is 16.3. The molecule has 1 aromatic rings. The number of nitrogens with zero attached hydrogens (tertiary/aromatic N) is 4. The average molecular weight is 1050 g/mol. The molecular weight excluding hydrogens is 965 g/mol. The highest BCUT2D eigenvalue weighted by molar-refractivity contribution is 5.97. The molecule has 0 unspecified atom stereocenters. The molecule has 0 aromatic heterocycles. The monoisotopic (exact) mass is 1040 g/mol. The van der Waals surface area contributed by atoms with E-state index in [-0.39, 0.29) is 108 Å². The lowest BCUT2D eigenvalue weighted by Gasteiger charge is -2.29. The van der Waals surface area contributed by atoms with Crippen LogP contribution in [0.3, 0.4) is 0 Å². The molecule has 1 aliphatic rings. The number of phenolic OH excluding ortho intramolecular Hbond substituents is 1. The summed E-state index contributed by atoms with van der Waals surface area (Å²) in [4.78, 5) is 134. The molecule has 2 rings (SSSR count). The van der Waals surface area contributed by atoms with Gasteiger partial charge in [0.15, 0.2) is 11.9 Å². The van der Waals surface area contributed by atoms with Gasteiger partial charge in [-0.15, -0.1) is 0 Å². The zero-order chi connectivity index (χ0) is 55.3. The fourth-order valence-corrected chi connectivity index (χ4v) is 7.56. The van der Waals surface area contributed by atoms with E-state index in [1.54, 1.807) is 6.92 Å². The van der Waals surface area contributed by atoms with Gasteiger partial charge in [-0.25, -0.2) is 4.79 Å². The van der Waals surface area contributed by atoms with Crippen LogP contribution in [0, 0.1) is 5.92 Å². The van der Waals surface area contributed by atoms with E-state index in [4.69, 9.17) is 40.1 Å².